The van der Waals surface area contributed by atoms with E-state index in [9.17, 15) is 13.6 Å². The molecule has 0 saturated heterocycles. The Hall–Kier alpha value is -0.230. The molecule has 112 valence electrons. The highest BCUT2D eigenvalue weighted by Crippen LogP contribution is 2.33. The van der Waals surface area contributed by atoms with Crippen LogP contribution in [0, 0.1) is 5.92 Å². The monoisotopic (exact) mass is 341 g/mol. The molecule has 0 bridgehead atoms. The molecule has 0 heterocycles. The molecule has 2 atom stereocenters. The highest BCUT2D eigenvalue weighted by Gasteiger charge is 2.35. The number of alkyl halides is 3. The summed E-state index contributed by atoms with van der Waals surface area (Å²) in [7, 11) is 0. The minimum Gasteiger partial charge on any atom is -0.375 e. The van der Waals surface area contributed by atoms with Gasteiger partial charge in [-0.15, -0.1) is 0 Å². The van der Waals surface area contributed by atoms with E-state index in [-0.39, 0.29) is 24.5 Å². The van der Waals surface area contributed by atoms with Gasteiger partial charge in [0.25, 0.3) is 6.43 Å². The van der Waals surface area contributed by atoms with Crippen LogP contribution in [0.2, 0.25) is 0 Å². The van der Waals surface area contributed by atoms with Crippen molar-refractivity contribution < 1.29 is 18.3 Å². The molecule has 3 nitrogen and oxygen atoms in total. The molecule has 0 radical (unpaired) electrons. The summed E-state index contributed by atoms with van der Waals surface area (Å²) in [6.45, 7) is 1.63. The van der Waals surface area contributed by atoms with Gasteiger partial charge in [-0.25, -0.2) is 8.78 Å². The lowest BCUT2D eigenvalue weighted by Crippen LogP contribution is -2.52. The Morgan fingerprint density at radius 1 is 1.58 bits per heavy atom. The molecule has 1 aliphatic carbocycles. The van der Waals surface area contributed by atoms with Gasteiger partial charge in [0.1, 0.15) is 6.61 Å². The Morgan fingerprint density at radius 3 is 2.89 bits per heavy atom. The lowest BCUT2D eigenvalue weighted by atomic mass is 9.77. The van der Waals surface area contributed by atoms with Gasteiger partial charge in [0, 0.05) is 17.3 Å². The van der Waals surface area contributed by atoms with Crippen LogP contribution in [-0.4, -0.2) is 36.4 Å². The van der Waals surface area contributed by atoms with Gasteiger partial charge >= 0.3 is 0 Å². The summed E-state index contributed by atoms with van der Waals surface area (Å²) < 4.78 is 28.4. The summed E-state index contributed by atoms with van der Waals surface area (Å²) in [6.07, 6.45) is 1.89. The molecule has 19 heavy (non-hydrogen) atoms. The number of hydrogen-bond donors (Lipinski definition) is 1. The molecule has 0 aliphatic heterocycles. The fourth-order valence-electron chi connectivity index (χ4n) is 2.62. The van der Waals surface area contributed by atoms with E-state index < -0.39 is 13.0 Å². The van der Waals surface area contributed by atoms with Crippen molar-refractivity contribution in [3.63, 3.8) is 0 Å². The van der Waals surface area contributed by atoms with E-state index in [1.807, 2.05) is 0 Å². The summed E-state index contributed by atoms with van der Waals surface area (Å²) in [6, 6.07) is 0. The van der Waals surface area contributed by atoms with Gasteiger partial charge in [0.05, 0.1) is 6.61 Å². The molecule has 0 spiro atoms. The Bertz CT molecular complexity index is 292. The number of carbonyl (C=O) groups is 1. The van der Waals surface area contributed by atoms with Crippen molar-refractivity contribution in [2.45, 2.75) is 51.0 Å². The fourth-order valence-corrected chi connectivity index (χ4v) is 3.27. The largest absolute Gasteiger partial charge is 0.375 e. The first-order chi connectivity index (χ1) is 8.97. The molecule has 1 saturated carbocycles. The van der Waals surface area contributed by atoms with Crippen molar-refractivity contribution >= 4 is 21.8 Å². The topological polar surface area (TPSA) is 38.3 Å². The molecular weight excluding hydrogens is 320 g/mol. The van der Waals surface area contributed by atoms with E-state index in [1.54, 1.807) is 0 Å². The van der Waals surface area contributed by atoms with Crippen molar-refractivity contribution in [1.29, 1.82) is 0 Å². The van der Waals surface area contributed by atoms with Crippen LogP contribution in [0.25, 0.3) is 0 Å². The van der Waals surface area contributed by atoms with Crippen molar-refractivity contribution in [2.24, 2.45) is 5.92 Å². The predicted octanol–water partition coefficient (Wildman–Crippen LogP) is 3.12. The normalized spacial score (nSPS) is 27.5. The Morgan fingerprint density at radius 2 is 2.32 bits per heavy atom. The maximum Gasteiger partial charge on any atom is 0.261 e. The van der Waals surface area contributed by atoms with E-state index in [0.29, 0.717) is 5.92 Å². The quantitative estimate of drug-likeness (QED) is 0.570. The van der Waals surface area contributed by atoms with Crippen molar-refractivity contribution in [3.05, 3.63) is 0 Å². The van der Waals surface area contributed by atoms with Crippen LogP contribution >= 0.6 is 15.9 Å². The molecule has 1 amide bonds. The highest BCUT2D eigenvalue weighted by atomic mass is 79.9. The minimum absolute atomic E-state index is 0.0457. The van der Waals surface area contributed by atoms with Crippen molar-refractivity contribution in [1.82, 2.24) is 5.32 Å². The van der Waals surface area contributed by atoms with Gasteiger partial charge in [-0.3, -0.25) is 4.79 Å². The second-order valence-corrected chi connectivity index (χ2v) is 5.94. The molecular formula is C13H22BrF2NO2. The lowest BCUT2D eigenvalue weighted by Gasteiger charge is -2.39. The minimum atomic E-state index is -2.48. The Balaban J connectivity index is 2.32. The first-order valence-electron chi connectivity index (χ1n) is 6.70. The molecule has 1 fully saturated rings. The van der Waals surface area contributed by atoms with Gasteiger partial charge in [-0.1, -0.05) is 35.7 Å². The number of amides is 1. The zero-order valence-electron chi connectivity index (χ0n) is 11.3. The van der Waals surface area contributed by atoms with E-state index in [4.69, 9.17) is 4.74 Å². The van der Waals surface area contributed by atoms with Crippen molar-refractivity contribution in [2.75, 3.05) is 18.5 Å². The summed E-state index contributed by atoms with van der Waals surface area (Å²) in [5, 5.41) is 3.78. The fraction of sp³-hybridized carbons (Fsp3) is 0.923. The van der Waals surface area contributed by atoms with Gasteiger partial charge in [0.2, 0.25) is 5.91 Å². The number of halogens is 3. The molecule has 0 aromatic carbocycles. The number of hydrogen-bond acceptors (Lipinski definition) is 2. The van der Waals surface area contributed by atoms with Crippen LogP contribution in [0.5, 0.6) is 0 Å². The summed E-state index contributed by atoms with van der Waals surface area (Å²) in [5.41, 5.74) is -0.183. The van der Waals surface area contributed by atoms with Gasteiger partial charge in [-0.05, 0) is 18.8 Å². The maximum atomic E-state index is 11.9. The second kappa shape index (κ2) is 8.15. The SMILES string of the molecule is CC1CCCC(CBr)(NC(=O)CCOCC(F)F)C1. The average molecular weight is 342 g/mol. The van der Waals surface area contributed by atoms with Crippen LogP contribution in [0.4, 0.5) is 8.78 Å². The molecule has 0 aromatic rings. The molecule has 1 aliphatic rings. The highest BCUT2D eigenvalue weighted by molar-refractivity contribution is 9.09. The number of carbonyl (C=O) groups excluding carboxylic acids is 1. The summed E-state index contributed by atoms with van der Waals surface area (Å²) in [5.74, 6) is 0.476. The summed E-state index contributed by atoms with van der Waals surface area (Å²) in [4.78, 5) is 11.8. The van der Waals surface area contributed by atoms with Crippen LogP contribution in [0.1, 0.15) is 39.0 Å². The third-order valence-corrected chi connectivity index (χ3v) is 4.54. The number of nitrogens with one attached hydrogen (secondary N) is 1. The van der Waals surface area contributed by atoms with E-state index >= 15 is 0 Å². The second-order valence-electron chi connectivity index (χ2n) is 5.38. The van der Waals surface area contributed by atoms with Crippen molar-refractivity contribution in [3.8, 4) is 0 Å². The van der Waals surface area contributed by atoms with Crippen LogP contribution < -0.4 is 5.32 Å². The van der Waals surface area contributed by atoms with Gasteiger partial charge in [-0.2, -0.15) is 0 Å². The third-order valence-electron chi connectivity index (χ3n) is 3.47. The average Bonchev–Trinajstić information content (AvgIpc) is 2.34. The Kier molecular flexibility index (Phi) is 7.21. The molecule has 2 unspecified atom stereocenters. The Labute approximate surface area is 121 Å². The lowest BCUT2D eigenvalue weighted by molar-refractivity contribution is -0.124. The zero-order chi connectivity index (χ0) is 14.3. The predicted molar refractivity (Wildman–Crippen MR) is 73.7 cm³/mol. The number of ether oxygens (including phenoxy) is 1. The van der Waals surface area contributed by atoms with Crippen LogP contribution in [-0.2, 0) is 9.53 Å². The maximum absolute atomic E-state index is 11.9. The third kappa shape index (κ3) is 6.17. The molecule has 6 heteroatoms. The first-order valence-corrected chi connectivity index (χ1v) is 7.82. The van der Waals surface area contributed by atoms with Crippen LogP contribution in [0.15, 0.2) is 0 Å². The van der Waals surface area contributed by atoms with Crippen LogP contribution in [0.3, 0.4) is 0 Å². The summed E-state index contributed by atoms with van der Waals surface area (Å²) >= 11 is 3.48. The molecule has 1 rings (SSSR count). The zero-order valence-corrected chi connectivity index (χ0v) is 12.8. The standard InChI is InChI=1S/C13H22BrF2NO2/c1-10-3-2-5-13(7-10,9-14)17-12(18)4-6-19-8-11(15)16/h10-11H,2-9H2,1H3,(H,17,18). The van der Waals surface area contributed by atoms with Gasteiger partial charge in [0.15, 0.2) is 0 Å². The van der Waals surface area contributed by atoms with E-state index in [2.05, 4.69) is 28.2 Å². The van der Waals surface area contributed by atoms with E-state index in [0.717, 1.165) is 24.6 Å². The molecule has 1 N–H and O–H groups in total. The smallest absolute Gasteiger partial charge is 0.261 e. The molecule has 0 aromatic heterocycles. The first kappa shape index (κ1) is 16.8. The van der Waals surface area contributed by atoms with Gasteiger partial charge < -0.3 is 10.1 Å². The van der Waals surface area contributed by atoms with E-state index in [1.165, 1.54) is 6.42 Å². The number of rotatable bonds is 7.